The number of hydrogen-bond donors (Lipinski definition) is 4. The van der Waals surface area contributed by atoms with Gasteiger partial charge in [-0.05, 0) is 37.2 Å². The molecular weight excluding hydrogens is 246 g/mol. The second-order valence-electron chi connectivity index (χ2n) is 4.69. The summed E-state index contributed by atoms with van der Waals surface area (Å²) in [5, 5.41) is 18.5. The third kappa shape index (κ3) is 3.84. The number of carbonyl (C=O) groups is 1. The van der Waals surface area contributed by atoms with Gasteiger partial charge in [0.25, 0.3) is 0 Å². The van der Waals surface area contributed by atoms with Crippen molar-refractivity contribution >= 4 is 11.7 Å². The van der Waals surface area contributed by atoms with Gasteiger partial charge in [0, 0.05) is 18.8 Å². The molecule has 0 aliphatic carbocycles. The molecule has 0 aromatic heterocycles. The molecule has 2 amide bonds. The smallest absolute Gasteiger partial charge is 0.319 e. The van der Waals surface area contributed by atoms with Gasteiger partial charge in [-0.25, -0.2) is 4.79 Å². The van der Waals surface area contributed by atoms with E-state index in [2.05, 4.69) is 16.0 Å². The minimum atomic E-state index is -0.836. The molecular formula is C13H19N3O3. The fraction of sp³-hybridized carbons (Fsp3) is 0.462. The van der Waals surface area contributed by atoms with Crippen molar-refractivity contribution in [3.63, 3.8) is 0 Å². The van der Waals surface area contributed by atoms with E-state index in [9.17, 15) is 9.90 Å². The van der Waals surface area contributed by atoms with Gasteiger partial charge in [0.15, 0.2) is 0 Å². The van der Waals surface area contributed by atoms with Gasteiger partial charge in [0.05, 0.1) is 12.7 Å². The summed E-state index contributed by atoms with van der Waals surface area (Å²) in [6, 6.07) is 6.72. The van der Waals surface area contributed by atoms with Gasteiger partial charge in [-0.3, -0.25) is 0 Å². The van der Waals surface area contributed by atoms with E-state index < -0.39 is 5.60 Å². The number of anilines is 1. The Balaban J connectivity index is 1.80. The molecule has 1 unspecified atom stereocenters. The van der Waals surface area contributed by atoms with Crippen LogP contribution in [-0.2, 0) is 0 Å². The summed E-state index contributed by atoms with van der Waals surface area (Å²) in [4.78, 5) is 11.7. The molecule has 4 N–H and O–H groups in total. The molecule has 0 radical (unpaired) electrons. The number of ether oxygens (including phenoxy) is 1. The molecule has 2 rings (SSSR count). The Morgan fingerprint density at radius 2 is 2.21 bits per heavy atom. The first kappa shape index (κ1) is 13.6. The van der Waals surface area contributed by atoms with Crippen LogP contribution in [0.3, 0.4) is 0 Å². The summed E-state index contributed by atoms with van der Waals surface area (Å²) in [6.07, 6.45) is 0.649. The third-order valence-corrected chi connectivity index (χ3v) is 3.15. The Morgan fingerprint density at radius 1 is 1.47 bits per heavy atom. The molecule has 1 atom stereocenters. The van der Waals surface area contributed by atoms with Crippen molar-refractivity contribution in [2.24, 2.45) is 0 Å². The number of methoxy groups -OCH3 is 1. The molecule has 0 saturated carbocycles. The van der Waals surface area contributed by atoms with Crippen LogP contribution >= 0.6 is 0 Å². The average molecular weight is 265 g/mol. The molecule has 1 aliphatic heterocycles. The number of nitrogens with one attached hydrogen (secondary N) is 3. The molecule has 6 nitrogen and oxygen atoms in total. The van der Waals surface area contributed by atoms with Crippen LogP contribution in [0.15, 0.2) is 24.3 Å². The van der Waals surface area contributed by atoms with Gasteiger partial charge < -0.3 is 25.8 Å². The Hall–Kier alpha value is -1.79. The second kappa shape index (κ2) is 5.90. The number of benzene rings is 1. The van der Waals surface area contributed by atoms with Crippen LogP contribution in [0.1, 0.15) is 6.42 Å². The zero-order chi connectivity index (χ0) is 13.7. The molecule has 104 valence electrons. The van der Waals surface area contributed by atoms with E-state index in [1.54, 1.807) is 31.4 Å². The van der Waals surface area contributed by atoms with Crippen LogP contribution in [0.2, 0.25) is 0 Å². The molecule has 1 aromatic rings. The van der Waals surface area contributed by atoms with Gasteiger partial charge in [-0.15, -0.1) is 0 Å². The Kier molecular flexibility index (Phi) is 4.24. The van der Waals surface area contributed by atoms with Crippen LogP contribution in [0, 0.1) is 0 Å². The second-order valence-corrected chi connectivity index (χ2v) is 4.69. The van der Waals surface area contributed by atoms with Crippen LogP contribution in [0.4, 0.5) is 10.5 Å². The van der Waals surface area contributed by atoms with E-state index in [1.807, 2.05) is 0 Å². The Labute approximate surface area is 112 Å². The molecule has 19 heavy (non-hydrogen) atoms. The molecule has 1 aliphatic rings. The fourth-order valence-electron chi connectivity index (χ4n) is 1.98. The first-order valence-electron chi connectivity index (χ1n) is 6.23. The first-order chi connectivity index (χ1) is 9.11. The number of hydrogen-bond acceptors (Lipinski definition) is 4. The standard InChI is InChI=1S/C13H19N3O3/c1-19-11-4-2-10(3-5-11)16-12(17)15-9-13(18)6-7-14-8-13/h2-5,14,18H,6-9H2,1H3,(H2,15,16,17). The topological polar surface area (TPSA) is 82.6 Å². The van der Waals surface area contributed by atoms with Crippen LogP contribution < -0.4 is 20.7 Å². The molecule has 1 fully saturated rings. The highest BCUT2D eigenvalue weighted by molar-refractivity contribution is 5.89. The van der Waals surface area contributed by atoms with Crippen LogP contribution in [-0.4, -0.2) is 43.5 Å². The van der Waals surface area contributed by atoms with Crippen molar-refractivity contribution in [3.05, 3.63) is 24.3 Å². The highest BCUT2D eigenvalue weighted by atomic mass is 16.5. The molecule has 0 spiro atoms. The van der Waals surface area contributed by atoms with Gasteiger partial charge >= 0.3 is 6.03 Å². The third-order valence-electron chi connectivity index (χ3n) is 3.15. The zero-order valence-corrected chi connectivity index (χ0v) is 10.9. The number of carbonyl (C=O) groups excluding carboxylic acids is 1. The maximum atomic E-state index is 11.7. The summed E-state index contributed by atoms with van der Waals surface area (Å²) in [6.45, 7) is 1.52. The predicted molar refractivity (Wildman–Crippen MR) is 72.5 cm³/mol. The van der Waals surface area contributed by atoms with E-state index in [0.717, 1.165) is 12.3 Å². The highest BCUT2D eigenvalue weighted by Gasteiger charge is 2.31. The molecule has 1 saturated heterocycles. The van der Waals surface area contributed by atoms with Crippen molar-refractivity contribution in [2.45, 2.75) is 12.0 Å². The van der Waals surface area contributed by atoms with E-state index in [4.69, 9.17) is 4.74 Å². The summed E-state index contributed by atoms with van der Waals surface area (Å²) >= 11 is 0. The predicted octanol–water partition coefficient (Wildman–Crippen LogP) is 0.541. The van der Waals surface area contributed by atoms with E-state index in [1.165, 1.54) is 0 Å². The van der Waals surface area contributed by atoms with E-state index in [-0.39, 0.29) is 12.6 Å². The van der Waals surface area contributed by atoms with Crippen LogP contribution in [0.5, 0.6) is 5.75 Å². The maximum Gasteiger partial charge on any atom is 0.319 e. The SMILES string of the molecule is COc1ccc(NC(=O)NCC2(O)CCNC2)cc1. The van der Waals surface area contributed by atoms with Gasteiger partial charge in [0.2, 0.25) is 0 Å². The van der Waals surface area contributed by atoms with Gasteiger partial charge in [-0.1, -0.05) is 0 Å². The number of urea groups is 1. The van der Waals surface area contributed by atoms with Gasteiger partial charge in [-0.2, -0.15) is 0 Å². The molecule has 6 heteroatoms. The summed E-state index contributed by atoms with van der Waals surface area (Å²) in [7, 11) is 1.59. The number of rotatable bonds is 4. The molecule has 1 heterocycles. The Bertz CT molecular complexity index is 427. The lowest BCUT2D eigenvalue weighted by molar-refractivity contribution is 0.0640. The van der Waals surface area contributed by atoms with E-state index in [0.29, 0.717) is 18.7 Å². The van der Waals surface area contributed by atoms with E-state index >= 15 is 0 Å². The lowest BCUT2D eigenvalue weighted by Crippen LogP contribution is -2.45. The molecule has 0 bridgehead atoms. The quantitative estimate of drug-likeness (QED) is 0.640. The lowest BCUT2D eigenvalue weighted by atomic mass is 10.0. The van der Waals surface area contributed by atoms with Crippen molar-refractivity contribution in [1.82, 2.24) is 10.6 Å². The van der Waals surface area contributed by atoms with Crippen molar-refractivity contribution in [3.8, 4) is 5.75 Å². The fourth-order valence-corrected chi connectivity index (χ4v) is 1.98. The van der Waals surface area contributed by atoms with Gasteiger partial charge in [0.1, 0.15) is 5.75 Å². The number of aliphatic hydroxyl groups is 1. The Morgan fingerprint density at radius 3 is 2.79 bits per heavy atom. The first-order valence-corrected chi connectivity index (χ1v) is 6.23. The summed E-state index contributed by atoms with van der Waals surface area (Å²) in [5.41, 5.74) is -0.160. The highest BCUT2D eigenvalue weighted by Crippen LogP contribution is 2.15. The normalized spacial score (nSPS) is 22.0. The summed E-state index contributed by atoms with van der Waals surface area (Å²) < 4.78 is 5.03. The maximum absolute atomic E-state index is 11.7. The van der Waals surface area contributed by atoms with Crippen molar-refractivity contribution < 1.29 is 14.6 Å². The monoisotopic (exact) mass is 265 g/mol. The van der Waals surface area contributed by atoms with Crippen LogP contribution in [0.25, 0.3) is 0 Å². The average Bonchev–Trinajstić information content (AvgIpc) is 2.85. The zero-order valence-electron chi connectivity index (χ0n) is 10.9. The minimum absolute atomic E-state index is 0.238. The minimum Gasteiger partial charge on any atom is -0.497 e. The molecule has 1 aromatic carbocycles. The largest absolute Gasteiger partial charge is 0.497 e. The number of β-amino-alcohol motifs (C(OH)–C–C–N with tert-alkyl or cyclic N) is 1. The number of amides is 2. The van der Waals surface area contributed by atoms with Crippen molar-refractivity contribution in [2.75, 3.05) is 32.1 Å². The summed E-state index contributed by atoms with van der Waals surface area (Å²) in [5.74, 6) is 0.734. The van der Waals surface area contributed by atoms with Crippen molar-refractivity contribution in [1.29, 1.82) is 0 Å². The lowest BCUT2D eigenvalue weighted by Gasteiger charge is -2.21.